The van der Waals surface area contributed by atoms with Crippen molar-refractivity contribution in [1.82, 2.24) is 9.80 Å². The lowest BCUT2D eigenvalue weighted by molar-refractivity contribution is -0.120. The van der Waals surface area contributed by atoms with Crippen LogP contribution in [0.15, 0.2) is 48.2 Å². The smallest absolute Gasteiger partial charge is 0.282 e. The van der Waals surface area contributed by atoms with E-state index in [1.54, 1.807) is 63.8 Å². The molecule has 8 nitrogen and oxygen atoms in total. The highest BCUT2D eigenvalue weighted by molar-refractivity contribution is 6.45. The van der Waals surface area contributed by atoms with Gasteiger partial charge in [-0.1, -0.05) is 6.07 Å². The van der Waals surface area contributed by atoms with E-state index in [0.29, 0.717) is 52.9 Å². The van der Waals surface area contributed by atoms with Gasteiger partial charge in [-0.3, -0.25) is 9.59 Å². The molecule has 4 rings (SSSR count). The first-order valence-corrected chi connectivity index (χ1v) is 10.4. The highest BCUT2D eigenvalue weighted by Crippen LogP contribution is 2.38. The zero-order valence-electron chi connectivity index (χ0n) is 18.8. The third-order valence-electron chi connectivity index (χ3n) is 5.88. The second-order valence-electron chi connectivity index (χ2n) is 7.73. The van der Waals surface area contributed by atoms with Crippen molar-refractivity contribution in [1.29, 1.82) is 0 Å². The molecule has 0 saturated carbocycles. The van der Waals surface area contributed by atoms with Gasteiger partial charge in [0.05, 0.1) is 32.6 Å². The van der Waals surface area contributed by atoms with E-state index in [9.17, 15) is 9.59 Å². The first kappa shape index (κ1) is 21.7. The number of anilines is 1. The van der Waals surface area contributed by atoms with Crippen molar-refractivity contribution >= 4 is 23.1 Å². The molecule has 0 aromatic heterocycles. The third-order valence-corrected chi connectivity index (χ3v) is 5.88. The first-order chi connectivity index (χ1) is 15.5. The summed E-state index contributed by atoms with van der Waals surface area (Å²) in [7, 11) is 6.72. The van der Waals surface area contributed by atoms with Gasteiger partial charge in [0.1, 0.15) is 11.4 Å². The van der Waals surface area contributed by atoms with E-state index in [2.05, 4.69) is 4.90 Å². The van der Waals surface area contributed by atoms with E-state index in [-0.39, 0.29) is 11.8 Å². The molecule has 2 aromatic rings. The van der Waals surface area contributed by atoms with Gasteiger partial charge < -0.3 is 24.0 Å². The summed E-state index contributed by atoms with van der Waals surface area (Å²) in [5.74, 6) is 1.02. The third kappa shape index (κ3) is 3.78. The van der Waals surface area contributed by atoms with Gasteiger partial charge >= 0.3 is 0 Å². The average molecular weight is 437 g/mol. The normalized spacial score (nSPS) is 17.2. The number of benzene rings is 2. The second kappa shape index (κ2) is 8.92. The summed E-state index contributed by atoms with van der Waals surface area (Å²) in [4.78, 5) is 32.7. The number of nitrogens with zero attached hydrogens (tertiary/aromatic N) is 3. The van der Waals surface area contributed by atoms with Crippen molar-refractivity contribution in [3.8, 4) is 17.2 Å². The molecule has 0 unspecified atom stereocenters. The number of amides is 2. The molecular formula is C24H27N3O5. The number of carbonyl (C=O) groups is 2. The van der Waals surface area contributed by atoms with Crippen molar-refractivity contribution in [2.24, 2.45) is 0 Å². The molecule has 0 radical (unpaired) electrons. The number of rotatable bonds is 6. The molecule has 168 valence electrons. The molecule has 2 aromatic carbocycles. The number of likely N-dealkylation sites (N-methyl/N-ethyl adjacent to an activating group) is 1. The molecule has 0 atom stereocenters. The Morgan fingerprint density at radius 3 is 2.00 bits per heavy atom. The Morgan fingerprint density at radius 1 is 0.750 bits per heavy atom. The summed E-state index contributed by atoms with van der Waals surface area (Å²) in [6.45, 7) is 2.95. The Balaban J connectivity index is 1.81. The van der Waals surface area contributed by atoms with Crippen LogP contribution in [0.1, 0.15) is 5.56 Å². The fraction of sp³-hybridized carbons (Fsp3) is 0.333. The summed E-state index contributed by atoms with van der Waals surface area (Å²) >= 11 is 0. The fourth-order valence-electron chi connectivity index (χ4n) is 4.06. The van der Waals surface area contributed by atoms with E-state index in [0.717, 1.165) is 13.1 Å². The molecule has 8 heteroatoms. The number of hydrogen-bond donors (Lipinski definition) is 0. The number of imide groups is 1. The number of piperazine rings is 1. The molecule has 0 N–H and O–H groups in total. The number of hydrogen-bond acceptors (Lipinski definition) is 7. The van der Waals surface area contributed by atoms with Crippen LogP contribution in [-0.4, -0.2) is 76.2 Å². The van der Waals surface area contributed by atoms with Crippen molar-refractivity contribution in [2.45, 2.75) is 0 Å². The maximum Gasteiger partial charge on any atom is 0.282 e. The van der Waals surface area contributed by atoms with E-state index >= 15 is 0 Å². The highest BCUT2D eigenvalue weighted by Gasteiger charge is 2.43. The Bertz CT molecular complexity index is 1060. The maximum absolute atomic E-state index is 13.6. The Kier molecular flexibility index (Phi) is 6.05. The molecule has 1 saturated heterocycles. The summed E-state index contributed by atoms with van der Waals surface area (Å²) < 4.78 is 16.0. The van der Waals surface area contributed by atoms with Gasteiger partial charge in [0.15, 0.2) is 11.5 Å². The van der Waals surface area contributed by atoms with Gasteiger partial charge in [0.2, 0.25) is 0 Å². The zero-order chi connectivity index (χ0) is 22.8. The molecule has 0 spiro atoms. The van der Waals surface area contributed by atoms with Crippen molar-refractivity contribution < 1.29 is 23.8 Å². The molecule has 2 amide bonds. The molecular weight excluding hydrogens is 410 g/mol. The summed E-state index contributed by atoms with van der Waals surface area (Å²) in [5.41, 5.74) is 1.91. The highest BCUT2D eigenvalue weighted by atomic mass is 16.5. The summed E-state index contributed by atoms with van der Waals surface area (Å²) in [5, 5.41) is 0. The lowest BCUT2D eigenvalue weighted by Crippen LogP contribution is -2.46. The van der Waals surface area contributed by atoms with Crippen molar-refractivity contribution in [3.63, 3.8) is 0 Å². The van der Waals surface area contributed by atoms with Crippen LogP contribution in [0.4, 0.5) is 5.69 Å². The standard InChI is InChI=1S/C24H27N3O5/c1-25-11-13-26(14-12-25)22-21(16-5-10-19(31-3)20(15-16)32-4)23(28)27(24(22)29)17-6-8-18(30-2)9-7-17/h5-10,15H,11-14H2,1-4H3. The quantitative estimate of drug-likeness (QED) is 0.642. The minimum Gasteiger partial charge on any atom is -0.497 e. The molecule has 2 aliphatic heterocycles. The summed E-state index contributed by atoms with van der Waals surface area (Å²) in [6.07, 6.45) is 0. The molecule has 32 heavy (non-hydrogen) atoms. The fourth-order valence-corrected chi connectivity index (χ4v) is 4.06. The van der Waals surface area contributed by atoms with Crippen LogP contribution >= 0.6 is 0 Å². The predicted octanol–water partition coefficient (Wildman–Crippen LogP) is 2.24. The van der Waals surface area contributed by atoms with Gasteiger partial charge in [-0.2, -0.15) is 0 Å². The van der Waals surface area contributed by atoms with Crippen molar-refractivity contribution in [2.75, 3.05) is 59.5 Å². The topological polar surface area (TPSA) is 71.6 Å². The van der Waals surface area contributed by atoms with Gasteiger partial charge in [-0.05, 0) is 49.0 Å². The average Bonchev–Trinajstić information content (AvgIpc) is 3.09. The van der Waals surface area contributed by atoms with Crippen molar-refractivity contribution in [3.05, 3.63) is 53.7 Å². The van der Waals surface area contributed by atoms with Crippen LogP contribution < -0.4 is 19.1 Å². The van der Waals surface area contributed by atoms with Crippen LogP contribution in [0, 0.1) is 0 Å². The minimum absolute atomic E-state index is 0.325. The zero-order valence-corrected chi connectivity index (χ0v) is 18.8. The Labute approximate surface area is 187 Å². The molecule has 0 aliphatic carbocycles. The van der Waals surface area contributed by atoms with Crippen LogP contribution in [0.25, 0.3) is 5.57 Å². The van der Waals surface area contributed by atoms with Crippen LogP contribution in [0.5, 0.6) is 17.2 Å². The largest absolute Gasteiger partial charge is 0.497 e. The monoisotopic (exact) mass is 437 g/mol. The Hall–Kier alpha value is -3.52. The van der Waals surface area contributed by atoms with Gasteiger partial charge in [0.25, 0.3) is 11.8 Å². The maximum atomic E-state index is 13.6. The van der Waals surface area contributed by atoms with E-state index in [4.69, 9.17) is 14.2 Å². The number of ether oxygens (including phenoxy) is 3. The lowest BCUT2D eigenvalue weighted by Gasteiger charge is -2.34. The number of carbonyl (C=O) groups excluding carboxylic acids is 2. The molecule has 2 aliphatic rings. The number of methoxy groups -OCH3 is 3. The van der Waals surface area contributed by atoms with Gasteiger partial charge in [0, 0.05) is 26.2 Å². The lowest BCUT2D eigenvalue weighted by atomic mass is 10.0. The molecule has 1 fully saturated rings. The van der Waals surface area contributed by atoms with E-state index in [1.165, 1.54) is 4.90 Å². The molecule has 0 bridgehead atoms. The SMILES string of the molecule is COc1ccc(N2C(=O)C(c3ccc(OC)c(OC)c3)=C(N3CCN(C)CC3)C2=O)cc1. The molecule has 2 heterocycles. The second-order valence-corrected chi connectivity index (χ2v) is 7.73. The van der Waals surface area contributed by atoms with Crippen LogP contribution in [0.2, 0.25) is 0 Å². The van der Waals surface area contributed by atoms with E-state index < -0.39 is 0 Å². The van der Waals surface area contributed by atoms with Gasteiger partial charge in [-0.15, -0.1) is 0 Å². The van der Waals surface area contributed by atoms with Gasteiger partial charge in [-0.25, -0.2) is 4.90 Å². The van der Waals surface area contributed by atoms with Crippen LogP contribution in [-0.2, 0) is 9.59 Å². The first-order valence-electron chi connectivity index (χ1n) is 10.4. The summed E-state index contributed by atoms with van der Waals surface area (Å²) in [6, 6.07) is 12.2. The Morgan fingerprint density at radius 2 is 1.41 bits per heavy atom. The van der Waals surface area contributed by atoms with E-state index in [1.807, 2.05) is 11.9 Å². The minimum atomic E-state index is -0.360. The van der Waals surface area contributed by atoms with Crippen LogP contribution in [0.3, 0.4) is 0 Å². The predicted molar refractivity (Wildman–Crippen MR) is 121 cm³/mol.